The zero-order valence-electron chi connectivity index (χ0n) is 11.8. The Morgan fingerprint density at radius 1 is 1.32 bits per heavy atom. The summed E-state index contributed by atoms with van der Waals surface area (Å²) in [7, 11) is 1.54. The quantitative estimate of drug-likeness (QED) is 0.833. The number of fused-ring (bicyclic) bond motifs is 1. The standard InChI is InChI=1S/C15H14ClFN4O/c1-22-14-6-13-9(5-12(14)18)15(19)21(7-20-13)8-2-3-11(17)10(16)4-8/h2-7,15H,18-19H2,1H3. The smallest absolute Gasteiger partial charge is 0.143 e. The van der Waals surface area contributed by atoms with Gasteiger partial charge >= 0.3 is 0 Å². The van der Waals surface area contributed by atoms with E-state index in [0.29, 0.717) is 22.8 Å². The van der Waals surface area contributed by atoms with Gasteiger partial charge in [0.2, 0.25) is 0 Å². The van der Waals surface area contributed by atoms with Crippen LogP contribution in [0, 0.1) is 5.82 Å². The number of nitrogens with two attached hydrogens (primary N) is 2. The number of aliphatic imine (C=N–C) groups is 1. The van der Waals surface area contributed by atoms with Crippen LogP contribution in [0.15, 0.2) is 35.3 Å². The van der Waals surface area contributed by atoms with Crippen molar-refractivity contribution >= 4 is 35.0 Å². The molecule has 1 unspecified atom stereocenters. The fourth-order valence-corrected chi connectivity index (χ4v) is 2.52. The average Bonchev–Trinajstić information content (AvgIpc) is 2.51. The van der Waals surface area contributed by atoms with Crippen LogP contribution < -0.4 is 21.1 Å². The lowest BCUT2D eigenvalue weighted by Crippen LogP contribution is -2.35. The Balaban J connectivity index is 2.03. The zero-order valence-corrected chi connectivity index (χ0v) is 12.5. The van der Waals surface area contributed by atoms with E-state index in [1.807, 2.05) is 0 Å². The molecule has 7 heteroatoms. The van der Waals surface area contributed by atoms with E-state index in [0.717, 1.165) is 5.56 Å². The first kappa shape index (κ1) is 14.6. The number of ether oxygens (including phenoxy) is 1. The third-order valence-corrected chi connectivity index (χ3v) is 3.81. The van der Waals surface area contributed by atoms with Gasteiger partial charge in [-0.3, -0.25) is 0 Å². The van der Waals surface area contributed by atoms with Crippen LogP contribution in [0.5, 0.6) is 5.75 Å². The molecule has 1 aliphatic rings. The molecule has 1 aliphatic heterocycles. The number of hydrogen-bond donors (Lipinski definition) is 2. The first-order valence-electron chi connectivity index (χ1n) is 6.52. The highest BCUT2D eigenvalue weighted by Gasteiger charge is 2.24. The topological polar surface area (TPSA) is 76.9 Å². The summed E-state index contributed by atoms with van der Waals surface area (Å²) < 4.78 is 18.5. The molecule has 0 amide bonds. The first-order chi connectivity index (χ1) is 10.5. The van der Waals surface area contributed by atoms with E-state index >= 15 is 0 Å². The summed E-state index contributed by atoms with van der Waals surface area (Å²) in [5.74, 6) is 0.0590. The highest BCUT2D eigenvalue weighted by Crippen LogP contribution is 2.38. The number of halogens is 2. The van der Waals surface area contributed by atoms with E-state index in [9.17, 15) is 4.39 Å². The molecule has 5 nitrogen and oxygen atoms in total. The van der Waals surface area contributed by atoms with Crippen molar-refractivity contribution in [1.82, 2.24) is 0 Å². The van der Waals surface area contributed by atoms with Crippen LogP contribution in [0.2, 0.25) is 5.02 Å². The molecule has 22 heavy (non-hydrogen) atoms. The van der Waals surface area contributed by atoms with Gasteiger partial charge in [-0.25, -0.2) is 9.38 Å². The molecule has 1 heterocycles. The van der Waals surface area contributed by atoms with Gasteiger partial charge in [0, 0.05) is 17.3 Å². The second-order valence-corrected chi connectivity index (χ2v) is 5.26. The Labute approximate surface area is 131 Å². The van der Waals surface area contributed by atoms with Crippen molar-refractivity contribution in [2.24, 2.45) is 10.7 Å². The molecule has 0 spiro atoms. The van der Waals surface area contributed by atoms with Gasteiger partial charge in [0.25, 0.3) is 0 Å². The monoisotopic (exact) mass is 320 g/mol. The number of rotatable bonds is 2. The third-order valence-electron chi connectivity index (χ3n) is 3.52. The fourth-order valence-electron chi connectivity index (χ4n) is 2.35. The summed E-state index contributed by atoms with van der Waals surface area (Å²) in [4.78, 5) is 6.05. The molecular weight excluding hydrogens is 307 g/mol. The molecule has 2 aromatic rings. The van der Waals surface area contributed by atoms with Crippen molar-refractivity contribution in [2.45, 2.75) is 6.17 Å². The van der Waals surface area contributed by atoms with Crippen molar-refractivity contribution in [3.05, 3.63) is 46.7 Å². The lowest BCUT2D eigenvalue weighted by Gasteiger charge is -2.31. The van der Waals surface area contributed by atoms with Crippen molar-refractivity contribution in [3.63, 3.8) is 0 Å². The first-order valence-corrected chi connectivity index (χ1v) is 6.89. The summed E-state index contributed by atoms with van der Waals surface area (Å²) >= 11 is 5.82. The maximum absolute atomic E-state index is 13.3. The second-order valence-electron chi connectivity index (χ2n) is 4.85. The summed E-state index contributed by atoms with van der Waals surface area (Å²) in [6.45, 7) is 0. The van der Waals surface area contributed by atoms with E-state index in [1.165, 1.54) is 19.2 Å². The lowest BCUT2D eigenvalue weighted by atomic mass is 10.1. The Bertz CT molecular complexity index is 765. The van der Waals surface area contributed by atoms with Crippen LogP contribution in [-0.4, -0.2) is 13.4 Å². The molecule has 0 aromatic heterocycles. The summed E-state index contributed by atoms with van der Waals surface area (Å²) in [6.07, 6.45) is 1.06. The lowest BCUT2D eigenvalue weighted by molar-refractivity contribution is 0.417. The molecule has 0 saturated carbocycles. The van der Waals surface area contributed by atoms with E-state index in [2.05, 4.69) is 4.99 Å². The highest BCUT2D eigenvalue weighted by atomic mass is 35.5. The van der Waals surface area contributed by atoms with Crippen LogP contribution >= 0.6 is 11.6 Å². The number of anilines is 2. The summed E-state index contributed by atoms with van der Waals surface area (Å²) in [5.41, 5.74) is 14.8. The number of methoxy groups -OCH3 is 1. The highest BCUT2D eigenvalue weighted by molar-refractivity contribution is 6.31. The Morgan fingerprint density at radius 3 is 2.77 bits per heavy atom. The van der Waals surface area contributed by atoms with Gasteiger partial charge in [-0.1, -0.05) is 11.6 Å². The molecule has 0 radical (unpaired) electrons. The molecule has 0 aliphatic carbocycles. The SMILES string of the molecule is COc1cc2c(cc1N)C(N)N(c1ccc(F)c(Cl)c1)C=N2. The number of nitrogens with zero attached hydrogens (tertiary/aromatic N) is 2. The largest absolute Gasteiger partial charge is 0.495 e. The van der Waals surface area contributed by atoms with Crippen molar-refractivity contribution in [2.75, 3.05) is 17.7 Å². The minimum atomic E-state index is -0.512. The predicted molar refractivity (Wildman–Crippen MR) is 86.4 cm³/mol. The number of nitrogen functional groups attached to an aromatic ring is 1. The zero-order chi connectivity index (χ0) is 15.9. The molecule has 1 atom stereocenters. The Hall–Kier alpha value is -2.31. The molecule has 114 valence electrons. The predicted octanol–water partition coefficient (Wildman–Crippen LogP) is 3.21. The van der Waals surface area contributed by atoms with Crippen LogP contribution in [0.25, 0.3) is 0 Å². The molecular formula is C15H14ClFN4O. The maximum Gasteiger partial charge on any atom is 0.143 e. The van der Waals surface area contributed by atoms with Crippen LogP contribution in [0.1, 0.15) is 11.7 Å². The van der Waals surface area contributed by atoms with Crippen molar-refractivity contribution in [3.8, 4) is 5.75 Å². The van der Waals surface area contributed by atoms with E-state index in [-0.39, 0.29) is 5.02 Å². The minimum Gasteiger partial charge on any atom is -0.495 e. The fraction of sp³-hybridized carbons (Fsp3) is 0.133. The number of benzene rings is 2. The van der Waals surface area contributed by atoms with Gasteiger partial charge < -0.3 is 21.1 Å². The van der Waals surface area contributed by atoms with E-state index in [1.54, 1.807) is 29.4 Å². The molecule has 2 aromatic carbocycles. The Kier molecular flexibility index (Phi) is 3.64. The Morgan fingerprint density at radius 2 is 2.09 bits per heavy atom. The number of hydrogen-bond acceptors (Lipinski definition) is 5. The van der Waals surface area contributed by atoms with Crippen molar-refractivity contribution in [1.29, 1.82) is 0 Å². The van der Waals surface area contributed by atoms with Gasteiger partial charge in [-0.05, 0) is 24.3 Å². The normalized spacial score (nSPS) is 16.5. The van der Waals surface area contributed by atoms with Gasteiger partial charge in [0.1, 0.15) is 17.7 Å². The van der Waals surface area contributed by atoms with Gasteiger partial charge in [-0.2, -0.15) is 0 Å². The second kappa shape index (κ2) is 5.47. The van der Waals surface area contributed by atoms with Crippen LogP contribution in [-0.2, 0) is 0 Å². The molecule has 0 fully saturated rings. The summed E-state index contributed by atoms with van der Waals surface area (Å²) in [5, 5.41) is 0.0261. The van der Waals surface area contributed by atoms with Gasteiger partial charge in [-0.15, -0.1) is 0 Å². The average molecular weight is 321 g/mol. The van der Waals surface area contributed by atoms with Crippen molar-refractivity contribution < 1.29 is 9.13 Å². The van der Waals surface area contributed by atoms with Gasteiger partial charge in [0.15, 0.2) is 0 Å². The maximum atomic E-state index is 13.3. The minimum absolute atomic E-state index is 0.0261. The van der Waals surface area contributed by atoms with E-state index in [4.69, 9.17) is 27.8 Å². The van der Waals surface area contributed by atoms with Crippen LogP contribution in [0.3, 0.4) is 0 Å². The van der Waals surface area contributed by atoms with Crippen LogP contribution in [0.4, 0.5) is 21.5 Å². The molecule has 0 saturated heterocycles. The molecule has 4 N–H and O–H groups in total. The molecule has 0 bridgehead atoms. The third kappa shape index (κ3) is 2.36. The molecule has 3 rings (SSSR count). The van der Waals surface area contributed by atoms with Gasteiger partial charge in [0.05, 0.1) is 29.8 Å². The van der Waals surface area contributed by atoms with E-state index < -0.39 is 12.0 Å². The summed E-state index contributed by atoms with van der Waals surface area (Å²) in [6, 6.07) is 7.84.